The van der Waals surface area contributed by atoms with Crippen LogP contribution in [0.4, 0.5) is 0 Å². The Bertz CT molecular complexity index is 116. The molecule has 0 aliphatic heterocycles. The van der Waals surface area contributed by atoms with Gasteiger partial charge in [-0.3, -0.25) is 0 Å². The Morgan fingerprint density at radius 2 is 1.67 bits per heavy atom. The van der Waals surface area contributed by atoms with Crippen LogP contribution < -0.4 is 0 Å². The molecule has 0 heterocycles. The third-order valence-electron chi connectivity index (χ3n) is 2.77. The molecule has 0 N–H and O–H groups in total. The Morgan fingerprint density at radius 3 is 2.00 bits per heavy atom. The van der Waals surface area contributed by atoms with Gasteiger partial charge in [0.2, 0.25) is 0 Å². The summed E-state index contributed by atoms with van der Waals surface area (Å²) in [6.45, 7) is 14.2. The second-order valence-corrected chi connectivity index (χ2v) is 4.48. The van der Waals surface area contributed by atoms with Crippen molar-refractivity contribution in [2.75, 3.05) is 6.61 Å². The smallest absolute Gasteiger partial charge is 0.0654 e. The summed E-state index contributed by atoms with van der Waals surface area (Å²) in [6.07, 6.45) is 1.11. The van der Waals surface area contributed by atoms with Crippen molar-refractivity contribution in [2.45, 2.75) is 53.6 Å². The molecular formula is C11H24O. The van der Waals surface area contributed by atoms with E-state index in [1.807, 2.05) is 0 Å². The van der Waals surface area contributed by atoms with E-state index >= 15 is 0 Å². The fourth-order valence-corrected chi connectivity index (χ4v) is 1.30. The van der Waals surface area contributed by atoms with Gasteiger partial charge in [-0.15, -0.1) is 0 Å². The van der Waals surface area contributed by atoms with Crippen LogP contribution in [0.1, 0.15) is 48.0 Å². The lowest BCUT2D eigenvalue weighted by molar-refractivity contribution is -0.0672. The first kappa shape index (κ1) is 12.0. The van der Waals surface area contributed by atoms with Crippen molar-refractivity contribution < 1.29 is 4.74 Å². The molecule has 12 heavy (non-hydrogen) atoms. The van der Waals surface area contributed by atoms with E-state index in [1.165, 1.54) is 0 Å². The van der Waals surface area contributed by atoms with Gasteiger partial charge < -0.3 is 4.74 Å². The minimum Gasteiger partial charge on any atom is -0.375 e. The van der Waals surface area contributed by atoms with E-state index in [0.717, 1.165) is 13.0 Å². The molecule has 1 nitrogen and oxygen atoms in total. The molecular weight excluding hydrogens is 148 g/mol. The summed E-state index contributed by atoms with van der Waals surface area (Å²) >= 11 is 0. The molecule has 0 aliphatic rings. The number of ether oxygens (including phenoxy) is 1. The van der Waals surface area contributed by atoms with E-state index in [-0.39, 0.29) is 5.60 Å². The molecule has 0 bridgehead atoms. The van der Waals surface area contributed by atoms with Gasteiger partial charge in [-0.05, 0) is 32.1 Å². The van der Waals surface area contributed by atoms with Crippen LogP contribution in [0, 0.1) is 11.8 Å². The van der Waals surface area contributed by atoms with E-state index in [4.69, 9.17) is 4.74 Å². The average Bonchev–Trinajstić information content (AvgIpc) is 1.99. The van der Waals surface area contributed by atoms with Gasteiger partial charge in [0.1, 0.15) is 0 Å². The lowest BCUT2D eigenvalue weighted by Gasteiger charge is -2.34. The zero-order chi connectivity index (χ0) is 9.78. The lowest BCUT2D eigenvalue weighted by atomic mass is 9.83. The van der Waals surface area contributed by atoms with Crippen LogP contribution in [0.5, 0.6) is 0 Å². The zero-order valence-corrected chi connectivity index (χ0v) is 9.48. The summed E-state index contributed by atoms with van der Waals surface area (Å²) in [7, 11) is 0. The van der Waals surface area contributed by atoms with Crippen LogP contribution >= 0.6 is 0 Å². The Kier molecular flexibility index (Phi) is 4.84. The van der Waals surface area contributed by atoms with Gasteiger partial charge in [0.25, 0.3) is 0 Å². The van der Waals surface area contributed by atoms with Gasteiger partial charge in [0, 0.05) is 6.61 Å². The summed E-state index contributed by atoms with van der Waals surface area (Å²) in [6, 6.07) is 0. The van der Waals surface area contributed by atoms with Gasteiger partial charge in [0.15, 0.2) is 0 Å². The molecule has 0 radical (unpaired) electrons. The predicted octanol–water partition coefficient (Wildman–Crippen LogP) is 3.48. The monoisotopic (exact) mass is 172 g/mol. The van der Waals surface area contributed by atoms with Crippen LogP contribution in [0.15, 0.2) is 0 Å². The summed E-state index contributed by atoms with van der Waals surface area (Å²) in [5, 5.41) is 0. The third kappa shape index (κ3) is 3.57. The van der Waals surface area contributed by atoms with Crippen LogP contribution in [0.3, 0.4) is 0 Å². The predicted molar refractivity (Wildman–Crippen MR) is 54.3 cm³/mol. The fraction of sp³-hybridized carbons (Fsp3) is 1.00. The van der Waals surface area contributed by atoms with Crippen LogP contribution in [0.25, 0.3) is 0 Å². The first-order valence-electron chi connectivity index (χ1n) is 5.05. The third-order valence-corrected chi connectivity index (χ3v) is 2.77. The second-order valence-electron chi connectivity index (χ2n) is 4.48. The highest BCUT2D eigenvalue weighted by atomic mass is 16.5. The summed E-state index contributed by atoms with van der Waals surface area (Å²) < 4.78 is 5.80. The van der Waals surface area contributed by atoms with Gasteiger partial charge in [0.05, 0.1) is 5.60 Å². The minimum absolute atomic E-state index is 0.0319. The summed E-state index contributed by atoms with van der Waals surface area (Å²) in [4.78, 5) is 0. The highest BCUT2D eigenvalue weighted by molar-refractivity contribution is 4.78. The molecule has 0 amide bonds. The molecule has 0 rings (SSSR count). The Labute approximate surface area is 77.5 Å². The van der Waals surface area contributed by atoms with Crippen molar-refractivity contribution in [3.63, 3.8) is 0 Å². The fourth-order valence-electron chi connectivity index (χ4n) is 1.30. The molecule has 0 saturated heterocycles. The molecule has 0 fully saturated rings. The first-order chi connectivity index (χ1) is 5.41. The van der Waals surface area contributed by atoms with E-state index in [1.54, 1.807) is 0 Å². The first-order valence-corrected chi connectivity index (χ1v) is 5.05. The number of rotatable bonds is 5. The number of hydrogen-bond acceptors (Lipinski definition) is 1. The zero-order valence-electron chi connectivity index (χ0n) is 9.48. The van der Waals surface area contributed by atoms with Crippen molar-refractivity contribution in [3.8, 4) is 0 Å². The van der Waals surface area contributed by atoms with Gasteiger partial charge in [-0.25, -0.2) is 0 Å². The van der Waals surface area contributed by atoms with Crippen molar-refractivity contribution in [1.82, 2.24) is 0 Å². The number of hydrogen-bond donors (Lipinski definition) is 0. The van der Waals surface area contributed by atoms with Crippen molar-refractivity contribution in [1.29, 1.82) is 0 Å². The highest BCUT2D eigenvalue weighted by Crippen LogP contribution is 2.27. The van der Waals surface area contributed by atoms with Crippen molar-refractivity contribution in [3.05, 3.63) is 0 Å². The molecule has 74 valence electrons. The van der Waals surface area contributed by atoms with Crippen molar-refractivity contribution in [2.24, 2.45) is 11.8 Å². The summed E-state index contributed by atoms with van der Waals surface area (Å²) in [5.41, 5.74) is 0.0319. The quantitative estimate of drug-likeness (QED) is 0.617. The SMILES string of the molecule is CCCOC(C)(C)C(C)C(C)C. The second kappa shape index (κ2) is 4.86. The average molecular weight is 172 g/mol. The molecule has 0 saturated carbocycles. The van der Waals surface area contributed by atoms with E-state index in [9.17, 15) is 0 Å². The Hall–Kier alpha value is -0.0400. The topological polar surface area (TPSA) is 9.23 Å². The minimum atomic E-state index is 0.0319. The molecule has 1 unspecified atom stereocenters. The largest absolute Gasteiger partial charge is 0.375 e. The lowest BCUT2D eigenvalue weighted by Crippen LogP contribution is -2.36. The maximum atomic E-state index is 5.80. The molecule has 0 aromatic carbocycles. The normalized spacial score (nSPS) is 15.2. The molecule has 0 spiro atoms. The molecule has 0 aromatic rings. The van der Waals surface area contributed by atoms with Crippen molar-refractivity contribution >= 4 is 0 Å². The standard InChI is InChI=1S/C11H24O/c1-7-8-12-11(5,6)10(4)9(2)3/h9-10H,7-8H2,1-6H3. The highest BCUT2D eigenvalue weighted by Gasteiger charge is 2.28. The Morgan fingerprint density at radius 1 is 1.17 bits per heavy atom. The molecule has 0 aromatic heterocycles. The van der Waals surface area contributed by atoms with Crippen LogP contribution in [0.2, 0.25) is 0 Å². The van der Waals surface area contributed by atoms with Gasteiger partial charge in [-0.2, -0.15) is 0 Å². The van der Waals surface area contributed by atoms with E-state index < -0.39 is 0 Å². The van der Waals surface area contributed by atoms with Crippen LogP contribution in [-0.2, 0) is 4.74 Å². The Balaban J connectivity index is 3.99. The van der Waals surface area contributed by atoms with Gasteiger partial charge >= 0.3 is 0 Å². The maximum Gasteiger partial charge on any atom is 0.0654 e. The van der Waals surface area contributed by atoms with Crippen LogP contribution in [-0.4, -0.2) is 12.2 Å². The molecule has 0 aliphatic carbocycles. The van der Waals surface area contributed by atoms with Gasteiger partial charge in [-0.1, -0.05) is 27.7 Å². The molecule has 1 heteroatoms. The maximum absolute atomic E-state index is 5.80. The molecule has 1 atom stereocenters. The van der Waals surface area contributed by atoms with E-state index in [2.05, 4.69) is 41.5 Å². The summed E-state index contributed by atoms with van der Waals surface area (Å²) in [5.74, 6) is 1.31. The van der Waals surface area contributed by atoms with E-state index in [0.29, 0.717) is 11.8 Å².